The maximum Gasteiger partial charge on any atom is 0.123 e. The van der Waals surface area contributed by atoms with Gasteiger partial charge in [0.2, 0.25) is 0 Å². The first-order chi connectivity index (χ1) is 7.66. The molecule has 1 atom stereocenters. The molecule has 1 aromatic heterocycles. The van der Waals surface area contributed by atoms with E-state index in [9.17, 15) is 4.39 Å². The van der Waals surface area contributed by atoms with Crippen LogP contribution in [0.15, 0.2) is 42.6 Å². The molecule has 2 aromatic rings. The van der Waals surface area contributed by atoms with E-state index in [-0.39, 0.29) is 11.9 Å². The predicted molar refractivity (Wildman–Crippen MR) is 61.4 cm³/mol. The number of nitrogens with two attached hydrogens (primary N) is 1. The van der Waals surface area contributed by atoms with Gasteiger partial charge in [-0.25, -0.2) is 4.39 Å². The van der Waals surface area contributed by atoms with E-state index in [1.807, 2.05) is 25.1 Å². The molecule has 0 aliphatic carbocycles. The molecule has 16 heavy (non-hydrogen) atoms. The van der Waals surface area contributed by atoms with E-state index in [4.69, 9.17) is 5.73 Å². The molecule has 0 saturated carbocycles. The van der Waals surface area contributed by atoms with Crippen molar-refractivity contribution in [2.24, 2.45) is 5.73 Å². The summed E-state index contributed by atoms with van der Waals surface area (Å²) in [5.41, 5.74) is 8.61. The summed E-state index contributed by atoms with van der Waals surface area (Å²) in [6, 6.07) is 9.81. The molecule has 3 heteroatoms. The first-order valence-corrected chi connectivity index (χ1v) is 5.10. The van der Waals surface area contributed by atoms with Gasteiger partial charge in [0.05, 0.1) is 6.04 Å². The molecule has 82 valence electrons. The lowest BCUT2D eigenvalue weighted by atomic mass is 10.0. The normalized spacial score (nSPS) is 12.4. The fourth-order valence-corrected chi connectivity index (χ4v) is 1.56. The highest BCUT2D eigenvalue weighted by Crippen LogP contribution is 2.19. The molecule has 1 heterocycles. The Balaban J connectivity index is 2.31. The van der Waals surface area contributed by atoms with Crippen molar-refractivity contribution in [2.45, 2.75) is 13.0 Å². The minimum atomic E-state index is -0.330. The standard InChI is InChI=1S/C13H13FN2/c1-9-5-6-11(8-16-9)13(15)10-3-2-4-12(14)7-10/h2-8,13H,15H2,1H3. The summed E-state index contributed by atoms with van der Waals surface area (Å²) < 4.78 is 13.0. The molecular formula is C13H13FN2. The van der Waals surface area contributed by atoms with Crippen molar-refractivity contribution in [3.8, 4) is 0 Å². The van der Waals surface area contributed by atoms with Crippen LogP contribution >= 0.6 is 0 Å². The number of aromatic nitrogens is 1. The highest BCUT2D eigenvalue weighted by Gasteiger charge is 2.09. The zero-order chi connectivity index (χ0) is 11.5. The monoisotopic (exact) mass is 216 g/mol. The van der Waals surface area contributed by atoms with Crippen LogP contribution < -0.4 is 5.73 Å². The van der Waals surface area contributed by atoms with Gasteiger partial charge in [0.1, 0.15) is 5.82 Å². The zero-order valence-corrected chi connectivity index (χ0v) is 9.02. The van der Waals surface area contributed by atoms with Gasteiger partial charge in [0.25, 0.3) is 0 Å². The van der Waals surface area contributed by atoms with Crippen LogP contribution in [0.1, 0.15) is 22.9 Å². The maximum absolute atomic E-state index is 13.0. The Morgan fingerprint density at radius 2 is 2.00 bits per heavy atom. The Labute approximate surface area is 93.9 Å². The van der Waals surface area contributed by atoms with Crippen molar-refractivity contribution in [1.29, 1.82) is 0 Å². The van der Waals surface area contributed by atoms with E-state index in [1.165, 1.54) is 12.1 Å². The lowest BCUT2D eigenvalue weighted by Crippen LogP contribution is -2.12. The summed E-state index contributed by atoms with van der Waals surface area (Å²) in [6.07, 6.45) is 1.73. The van der Waals surface area contributed by atoms with Gasteiger partial charge in [0, 0.05) is 11.9 Å². The van der Waals surface area contributed by atoms with Crippen molar-refractivity contribution in [2.75, 3.05) is 0 Å². The smallest absolute Gasteiger partial charge is 0.123 e. The lowest BCUT2D eigenvalue weighted by molar-refractivity contribution is 0.623. The summed E-state index contributed by atoms with van der Waals surface area (Å²) in [5, 5.41) is 0. The first-order valence-electron chi connectivity index (χ1n) is 5.10. The van der Waals surface area contributed by atoms with Crippen LogP contribution in [0, 0.1) is 12.7 Å². The largest absolute Gasteiger partial charge is 0.320 e. The molecule has 0 fully saturated rings. The molecule has 0 aliphatic rings. The predicted octanol–water partition coefficient (Wildman–Crippen LogP) is 2.58. The van der Waals surface area contributed by atoms with Gasteiger partial charge in [-0.15, -0.1) is 0 Å². The number of benzene rings is 1. The third-order valence-corrected chi connectivity index (χ3v) is 2.50. The van der Waals surface area contributed by atoms with E-state index >= 15 is 0 Å². The second-order valence-electron chi connectivity index (χ2n) is 3.77. The maximum atomic E-state index is 13.0. The van der Waals surface area contributed by atoms with Crippen LogP contribution in [0.5, 0.6) is 0 Å². The molecule has 0 amide bonds. The third-order valence-electron chi connectivity index (χ3n) is 2.50. The van der Waals surface area contributed by atoms with Crippen LogP contribution in [0.25, 0.3) is 0 Å². The molecule has 2 nitrogen and oxygen atoms in total. The van der Waals surface area contributed by atoms with Crippen molar-refractivity contribution in [3.63, 3.8) is 0 Å². The molecule has 1 aromatic carbocycles. The van der Waals surface area contributed by atoms with Gasteiger partial charge >= 0.3 is 0 Å². The minimum absolute atomic E-state index is 0.270. The fraction of sp³-hybridized carbons (Fsp3) is 0.154. The van der Waals surface area contributed by atoms with Gasteiger partial charge in [-0.05, 0) is 36.2 Å². The highest BCUT2D eigenvalue weighted by atomic mass is 19.1. The van der Waals surface area contributed by atoms with Gasteiger partial charge < -0.3 is 5.73 Å². The molecule has 0 spiro atoms. The number of rotatable bonds is 2. The lowest BCUT2D eigenvalue weighted by Gasteiger charge is -2.12. The Morgan fingerprint density at radius 3 is 2.62 bits per heavy atom. The Morgan fingerprint density at radius 1 is 1.19 bits per heavy atom. The average molecular weight is 216 g/mol. The molecule has 0 aliphatic heterocycles. The number of nitrogens with zero attached hydrogens (tertiary/aromatic N) is 1. The van der Waals surface area contributed by atoms with Crippen molar-refractivity contribution < 1.29 is 4.39 Å². The number of halogens is 1. The van der Waals surface area contributed by atoms with E-state index < -0.39 is 0 Å². The fourth-order valence-electron chi connectivity index (χ4n) is 1.56. The summed E-state index contributed by atoms with van der Waals surface area (Å²) in [4.78, 5) is 4.17. The average Bonchev–Trinajstić information content (AvgIpc) is 2.29. The van der Waals surface area contributed by atoms with Gasteiger partial charge in [-0.2, -0.15) is 0 Å². The third kappa shape index (κ3) is 2.25. The quantitative estimate of drug-likeness (QED) is 0.838. The SMILES string of the molecule is Cc1ccc(C(N)c2cccc(F)c2)cn1. The summed E-state index contributed by atoms with van der Waals surface area (Å²) in [6.45, 7) is 1.91. The van der Waals surface area contributed by atoms with Crippen molar-refractivity contribution in [3.05, 3.63) is 65.2 Å². The van der Waals surface area contributed by atoms with Crippen LogP contribution in [0.4, 0.5) is 4.39 Å². The molecular weight excluding hydrogens is 203 g/mol. The topological polar surface area (TPSA) is 38.9 Å². The molecule has 0 radical (unpaired) electrons. The molecule has 2 rings (SSSR count). The number of hydrogen-bond donors (Lipinski definition) is 1. The molecule has 2 N–H and O–H groups in total. The van der Waals surface area contributed by atoms with Crippen LogP contribution in [-0.2, 0) is 0 Å². The summed E-state index contributed by atoms with van der Waals surface area (Å²) >= 11 is 0. The Bertz CT molecular complexity index is 480. The number of hydrogen-bond acceptors (Lipinski definition) is 2. The highest BCUT2D eigenvalue weighted by molar-refractivity contribution is 5.30. The molecule has 0 bridgehead atoms. The summed E-state index contributed by atoms with van der Waals surface area (Å²) in [7, 11) is 0. The molecule has 1 unspecified atom stereocenters. The van der Waals surface area contributed by atoms with Crippen molar-refractivity contribution in [1.82, 2.24) is 4.98 Å². The van der Waals surface area contributed by atoms with E-state index in [0.717, 1.165) is 16.8 Å². The second-order valence-corrected chi connectivity index (χ2v) is 3.77. The van der Waals surface area contributed by atoms with E-state index in [1.54, 1.807) is 12.3 Å². The second kappa shape index (κ2) is 4.41. The van der Waals surface area contributed by atoms with E-state index in [2.05, 4.69) is 4.98 Å². The van der Waals surface area contributed by atoms with Gasteiger partial charge in [0.15, 0.2) is 0 Å². The Hall–Kier alpha value is -1.74. The van der Waals surface area contributed by atoms with Gasteiger partial charge in [-0.3, -0.25) is 4.98 Å². The number of aryl methyl sites for hydroxylation is 1. The zero-order valence-electron chi connectivity index (χ0n) is 9.02. The van der Waals surface area contributed by atoms with E-state index in [0.29, 0.717) is 0 Å². The minimum Gasteiger partial charge on any atom is -0.320 e. The first kappa shape index (κ1) is 10.8. The van der Waals surface area contributed by atoms with Crippen molar-refractivity contribution >= 4 is 0 Å². The number of pyridine rings is 1. The van der Waals surface area contributed by atoms with Gasteiger partial charge in [-0.1, -0.05) is 18.2 Å². The molecule has 0 saturated heterocycles. The van der Waals surface area contributed by atoms with Crippen LogP contribution in [0.3, 0.4) is 0 Å². The Kier molecular flexibility index (Phi) is 2.97. The van der Waals surface area contributed by atoms with Crippen LogP contribution in [-0.4, -0.2) is 4.98 Å². The van der Waals surface area contributed by atoms with Crippen LogP contribution in [0.2, 0.25) is 0 Å². The summed E-state index contributed by atoms with van der Waals surface area (Å²) in [5.74, 6) is -0.270.